The maximum Gasteiger partial charge on any atom is 0.319 e. The van der Waals surface area contributed by atoms with E-state index in [-0.39, 0.29) is 11.4 Å². The zero-order chi connectivity index (χ0) is 17.0. The molecule has 5 heteroatoms. The molecule has 1 saturated carbocycles. The highest BCUT2D eigenvalue weighted by Crippen LogP contribution is 2.43. The van der Waals surface area contributed by atoms with E-state index in [0.29, 0.717) is 23.0 Å². The highest BCUT2D eigenvalue weighted by atomic mass is 35.5. The third kappa shape index (κ3) is 3.49. The van der Waals surface area contributed by atoms with Crippen molar-refractivity contribution in [2.24, 2.45) is 0 Å². The van der Waals surface area contributed by atoms with Crippen LogP contribution in [0.25, 0.3) is 0 Å². The van der Waals surface area contributed by atoms with Crippen LogP contribution in [-0.2, 0) is 5.41 Å². The largest absolute Gasteiger partial charge is 0.495 e. The lowest BCUT2D eigenvalue weighted by atomic mass is 9.64. The van der Waals surface area contributed by atoms with E-state index >= 15 is 0 Å². The molecule has 0 aromatic heterocycles. The Morgan fingerprint density at radius 1 is 1.21 bits per heavy atom. The lowest BCUT2D eigenvalue weighted by Crippen LogP contribution is -2.46. The monoisotopic (exact) mass is 344 g/mol. The Hall–Kier alpha value is -2.20. The van der Waals surface area contributed by atoms with Crippen molar-refractivity contribution in [3.05, 3.63) is 59.1 Å². The van der Waals surface area contributed by atoms with Crippen LogP contribution in [-0.4, -0.2) is 19.7 Å². The summed E-state index contributed by atoms with van der Waals surface area (Å²) < 4.78 is 5.11. The summed E-state index contributed by atoms with van der Waals surface area (Å²) >= 11 is 6.08. The molecule has 0 heterocycles. The Bertz CT molecular complexity index is 715. The van der Waals surface area contributed by atoms with Crippen LogP contribution in [0.1, 0.15) is 24.8 Å². The van der Waals surface area contributed by atoms with E-state index in [0.717, 1.165) is 12.8 Å². The molecule has 24 heavy (non-hydrogen) atoms. The predicted molar refractivity (Wildman–Crippen MR) is 97.0 cm³/mol. The zero-order valence-corrected chi connectivity index (χ0v) is 14.4. The predicted octanol–water partition coefficient (Wildman–Crippen LogP) is 4.59. The van der Waals surface area contributed by atoms with Crippen LogP contribution in [0.5, 0.6) is 5.75 Å². The lowest BCUT2D eigenvalue weighted by Gasteiger charge is -2.42. The third-order valence-corrected chi connectivity index (χ3v) is 4.99. The molecule has 0 aliphatic heterocycles. The molecular formula is C19H21ClN2O2. The van der Waals surface area contributed by atoms with E-state index in [1.807, 2.05) is 6.07 Å². The molecular weight excluding hydrogens is 324 g/mol. The summed E-state index contributed by atoms with van der Waals surface area (Å²) in [7, 11) is 1.56. The third-order valence-electron chi connectivity index (χ3n) is 4.69. The SMILES string of the molecule is COc1ccc(NC(=O)NCC2(c3ccccc3)CCC2)cc1Cl. The summed E-state index contributed by atoms with van der Waals surface area (Å²) in [5.41, 5.74) is 2.00. The maximum atomic E-state index is 12.2. The summed E-state index contributed by atoms with van der Waals surface area (Å²) in [4.78, 5) is 12.2. The van der Waals surface area contributed by atoms with Gasteiger partial charge in [0.2, 0.25) is 0 Å². The first kappa shape index (κ1) is 16.7. The van der Waals surface area contributed by atoms with Gasteiger partial charge in [-0.1, -0.05) is 48.4 Å². The number of anilines is 1. The molecule has 2 N–H and O–H groups in total. The summed E-state index contributed by atoms with van der Waals surface area (Å²) in [6, 6.07) is 15.3. The van der Waals surface area contributed by atoms with Gasteiger partial charge in [0.25, 0.3) is 0 Å². The van der Waals surface area contributed by atoms with E-state index in [1.165, 1.54) is 12.0 Å². The van der Waals surface area contributed by atoms with Gasteiger partial charge in [0.1, 0.15) is 5.75 Å². The molecule has 0 saturated heterocycles. The molecule has 0 bridgehead atoms. The van der Waals surface area contributed by atoms with Gasteiger partial charge in [-0.25, -0.2) is 4.79 Å². The highest BCUT2D eigenvalue weighted by Gasteiger charge is 2.38. The lowest BCUT2D eigenvalue weighted by molar-refractivity contribution is 0.222. The van der Waals surface area contributed by atoms with Gasteiger partial charge >= 0.3 is 6.03 Å². The molecule has 3 rings (SSSR count). The summed E-state index contributed by atoms with van der Waals surface area (Å²) in [5.74, 6) is 0.583. The highest BCUT2D eigenvalue weighted by molar-refractivity contribution is 6.32. The number of ether oxygens (including phenoxy) is 1. The van der Waals surface area contributed by atoms with Crippen LogP contribution in [0.15, 0.2) is 48.5 Å². The molecule has 126 valence electrons. The minimum atomic E-state index is -0.224. The quantitative estimate of drug-likeness (QED) is 0.833. The summed E-state index contributed by atoms with van der Waals surface area (Å²) in [5, 5.41) is 6.28. The van der Waals surface area contributed by atoms with Gasteiger partial charge in [-0.3, -0.25) is 0 Å². The fraction of sp³-hybridized carbons (Fsp3) is 0.316. The number of carbonyl (C=O) groups is 1. The van der Waals surface area contributed by atoms with Crippen molar-refractivity contribution >= 4 is 23.3 Å². The number of hydrogen-bond acceptors (Lipinski definition) is 2. The first-order chi connectivity index (χ1) is 11.6. The summed E-state index contributed by atoms with van der Waals surface area (Å²) in [6.07, 6.45) is 3.41. The van der Waals surface area contributed by atoms with Crippen molar-refractivity contribution in [2.45, 2.75) is 24.7 Å². The minimum Gasteiger partial charge on any atom is -0.495 e. The van der Waals surface area contributed by atoms with E-state index < -0.39 is 0 Å². The molecule has 0 atom stereocenters. The second-order valence-electron chi connectivity index (χ2n) is 6.16. The standard InChI is InChI=1S/C19H21ClN2O2/c1-24-17-9-8-15(12-16(17)20)22-18(23)21-13-19(10-5-11-19)14-6-3-2-4-7-14/h2-4,6-9,12H,5,10-11,13H2,1H3,(H2,21,22,23). The van der Waals surface area contributed by atoms with Gasteiger partial charge in [-0.2, -0.15) is 0 Å². The second kappa shape index (κ2) is 7.14. The number of benzene rings is 2. The molecule has 0 unspecified atom stereocenters. The molecule has 4 nitrogen and oxygen atoms in total. The zero-order valence-electron chi connectivity index (χ0n) is 13.6. The number of carbonyl (C=O) groups excluding carboxylic acids is 1. The molecule has 2 amide bonds. The fourth-order valence-electron chi connectivity index (χ4n) is 3.13. The van der Waals surface area contributed by atoms with E-state index in [4.69, 9.17) is 16.3 Å². The van der Waals surface area contributed by atoms with Crippen molar-refractivity contribution in [3.63, 3.8) is 0 Å². The summed E-state index contributed by atoms with van der Waals surface area (Å²) in [6.45, 7) is 0.632. The van der Waals surface area contributed by atoms with Gasteiger partial charge in [-0.05, 0) is 36.6 Å². The molecule has 1 aliphatic rings. The van der Waals surface area contributed by atoms with Gasteiger partial charge < -0.3 is 15.4 Å². The fourth-order valence-corrected chi connectivity index (χ4v) is 3.39. The maximum absolute atomic E-state index is 12.2. The molecule has 2 aromatic carbocycles. The average Bonchev–Trinajstić information content (AvgIpc) is 2.55. The smallest absolute Gasteiger partial charge is 0.319 e. The molecule has 1 aliphatic carbocycles. The Kier molecular flexibility index (Phi) is 4.95. The van der Waals surface area contributed by atoms with Crippen molar-refractivity contribution in [1.29, 1.82) is 0 Å². The first-order valence-corrected chi connectivity index (χ1v) is 8.45. The molecule has 2 aromatic rings. The van der Waals surface area contributed by atoms with Crippen molar-refractivity contribution in [2.75, 3.05) is 19.0 Å². The van der Waals surface area contributed by atoms with Crippen LogP contribution in [0.2, 0.25) is 5.02 Å². The van der Waals surface area contributed by atoms with Crippen LogP contribution in [0.4, 0.5) is 10.5 Å². The first-order valence-electron chi connectivity index (χ1n) is 8.07. The van der Waals surface area contributed by atoms with Crippen LogP contribution in [0.3, 0.4) is 0 Å². The van der Waals surface area contributed by atoms with Gasteiger partial charge in [-0.15, -0.1) is 0 Å². The van der Waals surface area contributed by atoms with Crippen LogP contribution < -0.4 is 15.4 Å². The number of hydrogen-bond donors (Lipinski definition) is 2. The van der Waals surface area contributed by atoms with Gasteiger partial charge in [0.05, 0.1) is 12.1 Å². The number of amides is 2. The van der Waals surface area contributed by atoms with Crippen LogP contribution >= 0.6 is 11.6 Å². The average molecular weight is 345 g/mol. The number of halogens is 1. The Labute approximate surface area is 147 Å². The molecule has 0 radical (unpaired) electrons. The van der Waals surface area contributed by atoms with Crippen molar-refractivity contribution < 1.29 is 9.53 Å². The Morgan fingerprint density at radius 2 is 1.96 bits per heavy atom. The van der Waals surface area contributed by atoms with Crippen molar-refractivity contribution in [3.8, 4) is 5.75 Å². The normalized spacial score (nSPS) is 15.2. The van der Waals surface area contributed by atoms with Gasteiger partial charge in [0.15, 0.2) is 0 Å². The number of nitrogens with one attached hydrogen (secondary N) is 2. The minimum absolute atomic E-state index is 0.0656. The second-order valence-corrected chi connectivity index (χ2v) is 6.56. The number of urea groups is 1. The molecule has 1 fully saturated rings. The number of rotatable bonds is 5. The Balaban J connectivity index is 1.60. The van der Waals surface area contributed by atoms with Crippen molar-refractivity contribution in [1.82, 2.24) is 5.32 Å². The Morgan fingerprint density at radius 3 is 2.54 bits per heavy atom. The van der Waals surface area contributed by atoms with E-state index in [1.54, 1.807) is 25.3 Å². The topological polar surface area (TPSA) is 50.4 Å². The van der Waals surface area contributed by atoms with E-state index in [2.05, 4.69) is 34.9 Å². The molecule has 0 spiro atoms. The number of methoxy groups -OCH3 is 1. The van der Waals surface area contributed by atoms with Crippen LogP contribution in [0, 0.1) is 0 Å². The van der Waals surface area contributed by atoms with Gasteiger partial charge in [0, 0.05) is 17.6 Å². The van der Waals surface area contributed by atoms with E-state index in [9.17, 15) is 4.79 Å².